The minimum Gasteiger partial charge on any atom is -0.393 e. The van der Waals surface area contributed by atoms with E-state index in [0.29, 0.717) is 23.5 Å². The van der Waals surface area contributed by atoms with Gasteiger partial charge in [0.15, 0.2) is 5.78 Å². The second-order valence-electron chi connectivity index (χ2n) is 8.25. The first-order valence-corrected chi connectivity index (χ1v) is 8.55. The molecule has 0 aromatic rings. The molecule has 2 saturated carbocycles. The van der Waals surface area contributed by atoms with Crippen LogP contribution in [0, 0.1) is 28.6 Å². The minimum atomic E-state index is -0.136. The molecular formula is C19H26O2. The molecule has 4 rings (SSSR count). The van der Waals surface area contributed by atoms with Crippen LogP contribution in [-0.4, -0.2) is 17.0 Å². The number of rotatable bonds is 0. The molecule has 0 aromatic heterocycles. The van der Waals surface area contributed by atoms with Gasteiger partial charge in [0.05, 0.1) is 6.10 Å². The molecule has 0 heterocycles. The van der Waals surface area contributed by atoms with Gasteiger partial charge in [-0.25, -0.2) is 0 Å². The number of aliphatic hydroxyl groups is 1. The summed E-state index contributed by atoms with van der Waals surface area (Å²) in [5.74, 6) is 2.10. The summed E-state index contributed by atoms with van der Waals surface area (Å²) in [4.78, 5) is 12.3. The van der Waals surface area contributed by atoms with Crippen molar-refractivity contribution in [3.8, 4) is 0 Å². The van der Waals surface area contributed by atoms with Crippen LogP contribution in [0.5, 0.6) is 0 Å². The maximum absolute atomic E-state index is 12.3. The molecule has 1 N–H and O–H groups in total. The smallest absolute Gasteiger partial charge is 0.161 e. The Balaban J connectivity index is 1.71. The molecule has 6 atom stereocenters. The van der Waals surface area contributed by atoms with E-state index in [1.165, 1.54) is 12.0 Å². The van der Waals surface area contributed by atoms with Crippen LogP contribution in [0.25, 0.3) is 0 Å². The van der Waals surface area contributed by atoms with Gasteiger partial charge in [0.25, 0.3) is 0 Å². The van der Waals surface area contributed by atoms with Gasteiger partial charge in [-0.05, 0) is 67.8 Å². The first kappa shape index (κ1) is 13.8. The Kier molecular flexibility index (Phi) is 2.83. The number of ketones is 1. The zero-order valence-corrected chi connectivity index (χ0v) is 13.1. The number of carbonyl (C=O) groups excluding carboxylic acids is 1. The summed E-state index contributed by atoms with van der Waals surface area (Å²) in [6, 6.07) is 0. The first-order valence-electron chi connectivity index (χ1n) is 8.55. The van der Waals surface area contributed by atoms with E-state index in [9.17, 15) is 9.90 Å². The zero-order valence-electron chi connectivity index (χ0n) is 13.1. The van der Waals surface area contributed by atoms with Crippen molar-refractivity contribution in [2.24, 2.45) is 28.6 Å². The van der Waals surface area contributed by atoms with Crippen molar-refractivity contribution < 1.29 is 9.90 Å². The summed E-state index contributed by atoms with van der Waals surface area (Å²) in [5.41, 5.74) is 1.64. The predicted octanol–water partition coefficient (Wildman–Crippen LogP) is 3.66. The van der Waals surface area contributed by atoms with Crippen molar-refractivity contribution in [3.63, 3.8) is 0 Å². The molecule has 114 valence electrons. The fraction of sp³-hybridized carbons (Fsp3) is 0.737. The molecule has 0 saturated heterocycles. The molecule has 0 unspecified atom stereocenters. The van der Waals surface area contributed by atoms with Gasteiger partial charge in [0, 0.05) is 5.41 Å². The largest absolute Gasteiger partial charge is 0.393 e. The van der Waals surface area contributed by atoms with E-state index in [1.54, 1.807) is 0 Å². The summed E-state index contributed by atoms with van der Waals surface area (Å²) >= 11 is 0. The van der Waals surface area contributed by atoms with Crippen molar-refractivity contribution in [2.75, 3.05) is 0 Å². The van der Waals surface area contributed by atoms with Crippen LogP contribution in [0.15, 0.2) is 23.8 Å². The van der Waals surface area contributed by atoms with Crippen molar-refractivity contribution in [3.05, 3.63) is 23.8 Å². The molecular weight excluding hydrogens is 260 g/mol. The molecule has 4 aliphatic rings. The Morgan fingerprint density at radius 3 is 2.76 bits per heavy atom. The summed E-state index contributed by atoms with van der Waals surface area (Å²) < 4.78 is 0. The Morgan fingerprint density at radius 2 is 1.95 bits per heavy atom. The number of hydrogen-bond donors (Lipinski definition) is 1. The highest BCUT2D eigenvalue weighted by atomic mass is 16.3. The molecule has 2 heteroatoms. The van der Waals surface area contributed by atoms with E-state index < -0.39 is 0 Å². The van der Waals surface area contributed by atoms with Gasteiger partial charge in [0.1, 0.15) is 0 Å². The third kappa shape index (κ3) is 1.72. The van der Waals surface area contributed by atoms with Gasteiger partial charge >= 0.3 is 0 Å². The topological polar surface area (TPSA) is 37.3 Å². The van der Waals surface area contributed by atoms with Gasteiger partial charge in [-0.15, -0.1) is 0 Å². The molecule has 21 heavy (non-hydrogen) atoms. The molecule has 0 aliphatic heterocycles. The van der Waals surface area contributed by atoms with E-state index in [0.717, 1.165) is 32.1 Å². The van der Waals surface area contributed by atoms with Gasteiger partial charge < -0.3 is 5.11 Å². The Labute approximate surface area is 127 Å². The standard InChI is InChI=1S/C19H26O2/c1-18-9-7-13(20)11-12(18)3-4-14-15-5-6-17(21)19(15,2)10-8-16(14)18/h3,5-6,13-16,20H,4,7-11H2,1-2H3/t13-,14-,15+,16-,18-,19-/m0/s1. The number of hydrogen-bond acceptors (Lipinski definition) is 2. The average molecular weight is 286 g/mol. The van der Waals surface area contributed by atoms with Gasteiger partial charge in [-0.2, -0.15) is 0 Å². The summed E-state index contributed by atoms with van der Waals surface area (Å²) in [6.07, 6.45) is 12.6. The van der Waals surface area contributed by atoms with Crippen LogP contribution in [0.1, 0.15) is 52.4 Å². The maximum Gasteiger partial charge on any atom is 0.161 e. The molecule has 0 radical (unpaired) electrons. The second-order valence-corrected chi connectivity index (χ2v) is 8.25. The summed E-state index contributed by atoms with van der Waals surface area (Å²) in [6.45, 7) is 4.60. The Bertz CT molecular complexity index is 546. The molecule has 0 amide bonds. The van der Waals surface area contributed by atoms with E-state index >= 15 is 0 Å². The third-order valence-corrected chi connectivity index (χ3v) is 7.35. The average Bonchev–Trinajstić information content (AvgIpc) is 2.76. The molecule has 2 nitrogen and oxygen atoms in total. The quantitative estimate of drug-likeness (QED) is 0.690. The predicted molar refractivity (Wildman–Crippen MR) is 82.6 cm³/mol. The van der Waals surface area contributed by atoms with Crippen LogP contribution < -0.4 is 0 Å². The van der Waals surface area contributed by atoms with Crippen LogP contribution in [-0.2, 0) is 4.79 Å². The van der Waals surface area contributed by atoms with Gasteiger partial charge in [-0.3, -0.25) is 4.79 Å². The van der Waals surface area contributed by atoms with Crippen molar-refractivity contribution in [2.45, 2.75) is 58.5 Å². The lowest BCUT2D eigenvalue weighted by atomic mass is 9.48. The van der Waals surface area contributed by atoms with Gasteiger partial charge in [-0.1, -0.05) is 31.6 Å². The Morgan fingerprint density at radius 1 is 1.19 bits per heavy atom. The second kappa shape index (κ2) is 4.32. The molecule has 0 bridgehead atoms. The number of aliphatic hydroxyl groups excluding tert-OH is 1. The van der Waals surface area contributed by atoms with Crippen LogP contribution >= 0.6 is 0 Å². The summed E-state index contributed by atoms with van der Waals surface area (Å²) in [5, 5.41) is 9.99. The number of allylic oxidation sites excluding steroid dienone is 3. The third-order valence-electron chi connectivity index (χ3n) is 7.35. The highest BCUT2D eigenvalue weighted by molar-refractivity contribution is 5.97. The number of carbonyl (C=O) groups is 1. The normalized spacial score (nSPS) is 52.0. The Hall–Kier alpha value is -0.890. The zero-order chi connectivity index (χ0) is 14.8. The number of fused-ring (bicyclic) bond motifs is 5. The highest BCUT2D eigenvalue weighted by Gasteiger charge is 2.57. The van der Waals surface area contributed by atoms with E-state index in [4.69, 9.17) is 0 Å². The highest BCUT2D eigenvalue weighted by Crippen LogP contribution is 2.62. The van der Waals surface area contributed by atoms with Crippen LogP contribution in [0.4, 0.5) is 0 Å². The van der Waals surface area contributed by atoms with E-state index in [2.05, 4.69) is 26.0 Å². The lowest BCUT2D eigenvalue weighted by molar-refractivity contribution is -0.129. The lowest BCUT2D eigenvalue weighted by Gasteiger charge is -2.56. The van der Waals surface area contributed by atoms with Crippen molar-refractivity contribution >= 4 is 5.78 Å². The van der Waals surface area contributed by atoms with Crippen LogP contribution in [0.2, 0.25) is 0 Å². The van der Waals surface area contributed by atoms with Gasteiger partial charge in [0.2, 0.25) is 0 Å². The first-order chi connectivity index (χ1) is 9.95. The molecule has 0 spiro atoms. The maximum atomic E-state index is 12.3. The molecule has 4 aliphatic carbocycles. The summed E-state index contributed by atoms with van der Waals surface area (Å²) in [7, 11) is 0. The lowest BCUT2D eigenvalue weighted by Crippen LogP contribution is -2.50. The monoisotopic (exact) mass is 286 g/mol. The molecule has 0 aromatic carbocycles. The molecule has 2 fully saturated rings. The SMILES string of the molecule is C[C@]12CC[C@H](O)CC1=CC[C@H]1[C@H]3C=CC(=O)[C@@]3(C)CC[C@@H]12. The van der Waals surface area contributed by atoms with Crippen molar-refractivity contribution in [1.29, 1.82) is 0 Å². The van der Waals surface area contributed by atoms with E-state index in [1.807, 2.05) is 6.08 Å². The van der Waals surface area contributed by atoms with E-state index in [-0.39, 0.29) is 16.9 Å². The van der Waals surface area contributed by atoms with Crippen LogP contribution in [0.3, 0.4) is 0 Å². The fourth-order valence-electron chi connectivity index (χ4n) is 5.92. The fourth-order valence-corrected chi connectivity index (χ4v) is 5.92. The van der Waals surface area contributed by atoms with Crippen molar-refractivity contribution in [1.82, 2.24) is 0 Å². The minimum absolute atomic E-state index is 0.128.